The minimum Gasteiger partial charge on any atom is -0.508 e. The molecule has 0 bridgehead atoms. The highest BCUT2D eigenvalue weighted by atomic mass is 16.5. The number of hydrogen-bond acceptors (Lipinski definition) is 4. The summed E-state index contributed by atoms with van der Waals surface area (Å²) in [6.07, 6.45) is 0.753. The molecular formula is C13H17NO4. The van der Waals surface area contributed by atoms with Gasteiger partial charge in [-0.1, -0.05) is 18.2 Å². The Labute approximate surface area is 106 Å². The van der Waals surface area contributed by atoms with E-state index >= 15 is 0 Å². The van der Waals surface area contributed by atoms with Crippen molar-refractivity contribution >= 4 is 11.9 Å². The predicted octanol–water partition coefficient (Wildman–Crippen LogP) is 1.00. The summed E-state index contributed by atoms with van der Waals surface area (Å²) in [4.78, 5) is 22.2. The lowest BCUT2D eigenvalue weighted by Gasteiger charge is -2.06. The Morgan fingerprint density at radius 2 is 2.00 bits per heavy atom. The van der Waals surface area contributed by atoms with Gasteiger partial charge in [0.05, 0.1) is 13.5 Å². The lowest BCUT2D eigenvalue weighted by molar-refractivity contribution is -0.142. The number of benzene rings is 1. The summed E-state index contributed by atoms with van der Waals surface area (Å²) in [5.74, 6) is -0.372. The number of esters is 1. The molecule has 0 aliphatic heterocycles. The maximum atomic E-state index is 11.4. The highest BCUT2D eigenvalue weighted by Crippen LogP contribution is 2.15. The first kappa shape index (κ1) is 14.0. The first-order valence-corrected chi connectivity index (χ1v) is 5.74. The van der Waals surface area contributed by atoms with Crippen molar-refractivity contribution in [3.8, 4) is 5.75 Å². The zero-order chi connectivity index (χ0) is 13.4. The number of para-hydroxylation sites is 1. The molecule has 0 saturated carbocycles. The van der Waals surface area contributed by atoms with E-state index in [-0.39, 0.29) is 24.5 Å². The molecule has 5 nitrogen and oxygen atoms in total. The summed E-state index contributed by atoms with van der Waals surface area (Å²) in [7, 11) is 1.29. The SMILES string of the molecule is COC(=O)CCC(=O)NCCc1ccccc1O. The Morgan fingerprint density at radius 1 is 1.28 bits per heavy atom. The smallest absolute Gasteiger partial charge is 0.306 e. The lowest BCUT2D eigenvalue weighted by atomic mass is 10.1. The molecule has 0 fully saturated rings. The summed E-state index contributed by atoms with van der Waals surface area (Å²) in [5, 5.41) is 12.2. The number of hydrogen-bond donors (Lipinski definition) is 2. The standard InChI is InChI=1S/C13H17NO4/c1-18-13(17)7-6-12(16)14-9-8-10-4-2-3-5-11(10)15/h2-5,15H,6-9H2,1H3,(H,14,16). The van der Waals surface area contributed by atoms with Crippen LogP contribution in [0.4, 0.5) is 0 Å². The molecular weight excluding hydrogens is 234 g/mol. The third kappa shape index (κ3) is 4.86. The fourth-order valence-electron chi connectivity index (χ4n) is 1.46. The van der Waals surface area contributed by atoms with Crippen LogP contribution in [0, 0.1) is 0 Å². The van der Waals surface area contributed by atoms with Crippen molar-refractivity contribution in [3.63, 3.8) is 0 Å². The van der Waals surface area contributed by atoms with Crippen LogP contribution in [0.2, 0.25) is 0 Å². The van der Waals surface area contributed by atoms with E-state index in [9.17, 15) is 14.7 Å². The molecule has 0 aromatic heterocycles. The summed E-state index contributed by atoms with van der Waals surface area (Å²) < 4.78 is 4.44. The Bertz CT molecular complexity index is 417. The van der Waals surface area contributed by atoms with Crippen molar-refractivity contribution in [2.45, 2.75) is 19.3 Å². The molecule has 0 unspecified atom stereocenters. The first-order valence-electron chi connectivity index (χ1n) is 5.74. The molecule has 1 aromatic rings. The van der Waals surface area contributed by atoms with Crippen molar-refractivity contribution in [2.75, 3.05) is 13.7 Å². The average Bonchev–Trinajstić information content (AvgIpc) is 2.38. The van der Waals surface area contributed by atoms with Crippen LogP contribution in [0.25, 0.3) is 0 Å². The predicted molar refractivity (Wildman–Crippen MR) is 66.1 cm³/mol. The summed E-state index contributed by atoms with van der Waals surface area (Å²) in [6, 6.07) is 6.98. The van der Waals surface area contributed by atoms with Crippen LogP contribution in [0.5, 0.6) is 5.75 Å². The molecule has 2 N–H and O–H groups in total. The summed E-state index contributed by atoms with van der Waals surface area (Å²) in [5.41, 5.74) is 0.783. The summed E-state index contributed by atoms with van der Waals surface area (Å²) in [6.45, 7) is 0.428. The second-order valence-electron chi connectivity index (χ2n) is 3.80. The number of nitrogens with one attached hydrogen (secondary N) is 1. The molecule has 0 saturated heterocycles. The zero-order valence-electron chi connectivity index (χ0n) is 10.3. The van der Waals surface area contributed by atoms with E-state index in [1.165, 1.54) is 7.11 Å². The van der Waals surface area contributed by atoms with Crippen LogP contribution in [-0.4, -0.2) is 30.6 Å². The van der Waals surface area contributed by atoms with Crippen LogP contribution in [0.1, 0.15) is 18.4 Å². The first-order chi connectivity index (χ1) is 8.63. The number of ether oxygens (including phenoxy) is 1. The van der Waals surface area contributed by atoms with Crippen LogP contribution in [0.3, 0.4) is 0 Å². The second kappa shape index (κ2) is 7.32. The van der Waals surface area contributed by atoms with Crippen molar-refractivity contribution in [2.24, 2.45) is 0 Å². The van der Waals surface area contributed by atoms with Gasteiger partial charge in [0, 0.05) is 13.0 Å². The molecule has 0 spiro atoms. The van der Waals surface area contributed by atoms with Crippen molar-refractivity contribution < 1.29 is 19.4 Å². The average molecular weight is 251 g/mol. The molecule has 18 heavy (non-hydrogen) atoms. The van der Waals surface area contributed by atoms with Gasteiger partial charge < -0.3 is 15.2 Å². The number of methoxy groups -OCH3 is 1. The number of carbonyl (C=O) groups is 2. The van der Waals surface area contributed by atoms with Gasteiger partial charge in [0.15, 0.2) is 0 Å². The van der Waals surface area contributed by atoms with Crippen LogP contribution in [0.15, 0.2) is 24.3 Å². The molecule has 1 amide bonds. The normalized spacial score (nSPS) is 9.83. The molecule has 0 aliphatic carbocycles. The number of rotatable bonds is 6. The molecule has 98 valence electrons. The Morgan fingerprint density at radius 3 is 2.67 bits per heavy atom. The number of carbonyl (C=O) groups excluding carboxylic acids is 2. The molecule has 0 radical (unpaired) electrons. The monoisotopic (exact) mass is 251 g/mol. The summed E-state index contributed by atoms with van der Waals surface area (Å²) >= 11 is 0. The van der Waals surface area contributed by atoms with Gasteiger partial charge in [-0.2, -0.15) is 0 Å². The minimum absolute atomic E-state index is 0.0823. The topological polar surface area (TPSA) is 75.6 Å². The van der Waals surface area contributed by atoms with Gasteiger partial charge in [-0.05, 0) is 18.1 Å². The largest absolute Gasteiger partial charge is 0.508 e. The molecule has 0 atom stereocenters. The van der Waals surface area contributed by atoms with Gasteiger partial charge in [-0.15, -0.1) is 0 Å². The van der Waals surface area contributed by atoms with Crippen molar-refractivity contribution in [1.82, 2.24) is 5.32 Å². The number of phenols is 1. The third-order valence-electron chi connectivity index (χ3n) is 2.49. The minimum atomic E-state index is -0.397. The molecule has 5 heteroatoms. The maximum Gasteiger partial charge on any atom is 0.306 e. The lowest BCUT2D eigenvalue weighted by Crippen LogP contribution is -2.26. The second-order valence-corrected chi connectivity index (χ2v) is 3.80. The van der Waals surface area contributed by atoms with E-state index in [0.717, 1.165) is 5.56 Å². The van der Waals surface area contributed by atoms with Crippen LogP contribution >= 0.6 is 0 Å². The van der Waals surface area contributed by atoms with E-state index in [4.69, 9.17) is 0 Å². The van der Waals surface area contributed by atoms with E-state index < -0.39 is 5.97 Å². The van der Waals surface area contributed by atoms with E-state index in [0.29, 0.717) is 13.0 Å². The van der Waals surface area contributed by atoms with E-state index in [2.05, 4.69) is 10.1 Å². The Kier molecular flexibility index (Phi) is 5.70. The highest BCUT2D eigenvalue weighted by molar-refractivity contribution is 5.81. The Hall–Kier alpha value is -2.04. The highest BCUT2D eigenvalue weighted by Gasteiger charge is 2.06. The molecule has 1 aromatic carbocycles. The maximum absolute atomic E-state index is 11.4. The van der Waals surface area contributed by atoms with Crippen molar-refractivity contribution in [3.05, 3.63) is 29.8 Å². The van der Waals surface area contributed by atoms with Gasteiger partial charge in [0.25, 0.3) is 0 Å². The van der Waals surface area contributed by atoms with Gasteiger partial charge >= 0.3 is 5.97 Å². The van der Waals surface area contributed by atoms with Gasteiger partial charge in [-0.3, -0.25) is 9.59 Å². The molecule has 1 rings (SSSR count). The van der Waals surface area contributed by atoms with Crippen molar-refractivity contribution in [1.29, 1.82) is 0 Å². The van der Waals surface area contributed by atoms with Crippen LogP contribution < -0.4 is 5.32 Å². The van der Waals surface area contributed by atoms with Crippen LogP contribution in [-0.2, 0) is 20.7 Å². The fraction of sp³-hybridized carbons (Fsp3) is 0.385. The third-order valence-corrected chi connectivity index (χ3v) is 2.49. The fourth-order valence-corrected chi connectivity index (χ4v) is 1.46. The Balaban J connectivity index is 2.24. The number of aromatic hydroxyl groups is 1. The van der Waals surface area contributed by atoms with Gasteiger partial charge in [0.2, 0.25) is 5.91 Å². The number of phenolic OH excluding ortho intramolecular Hbond substituents is 1. The van der Waals surface area contributed by atoms with E-state index in [1.54, 1.807) is 18.2 Å². The van der Waals surface area contributed by atoms with Gasteiger partial charge in [-0.25, -0.2) is 0 Å². The molecule has 0 aliphatic rings. The molecule has 0 heterocycles. The van der Waals surface area contributed by atoms with Gasteiger partial charge in [0.1, 0.15) is 5.75 Å². The quantitative estimate of drug-likeness (QED) is 0.740. The zero-order valence-corrected chi connectivity index (χ0v) is 10.3. The van der Waals surface area contributed by atoms with E-state index in [1.807, 2.05) is 6.07 Å². The number of amides is 1.